The third-order valence-corrected chi connectivity index (χ3v) is 5.87. The Bertz CT molecular complexity index is 1520. The Hall–Kier alpha value is -4.72. The molecule has 0 aliphatic rings. The molecule has 0 saturated heterocycles. The maximum atomic E-state index is 12.4. The number of rotatable bonds is 6. The van der Waals surface area contributed by atoms with Gasteiger partial charge in [0.25, 0.3) is 5.89 Å². The van der Waals surface area contributed by atoms with Crippen LogP contribution in [0, 0.1) is 20.8 Å². The first-order valence-corrected chi connectivity index (χ1v) is 11.6. The smallest absolute Gasteiger partial charge is 0.323 e. The minimum absolute atomic E-state index is 0.279. The monoisotopic (exact) mass is 478 g/mol. The van der Waals surface area contributed by atoms with Gasteiger partial charge in [-0.3, -0.25) is 0 Å². The lowest BCUT2D eigenvalue weighted by Crippen LogP contribution is -2.20. The van der Waals surface area contributed by atoms with Crippen molar-refractivity contribution in [2.45, 2.75) is 27.3 Å². The summed E-state index contributed by atoms with van der Waals surface area (Å²) >= 11 is 0. The maximum Gasteiger partial charge on any atom is 0.323 e. The second kappa shape index (κ2) is 9.87. The number of benzene rings is 3. The van der Waals surface area contributed by atoms with Crippen LogP contribution in [-0.2, 0) is 6.54 Å². The summed E-state index contributed by atoms with van der Waals surface area (Å²) in [5.41, 5.74) is 7.36. The lowest BCUT2D eigenvalue weighted by molar-refractivity contribution is 0.262. The first kappa shape index (κ1) is 23.0. The van der Waals surface area contributed by atoms with Crippen molar-refractivity contribution in [3.05, 3.63) is 102 Å². The number of nitrogens with one attached hydrogen (secondary N) is 2. The number of nitrogens with zero attached hydrogens (tertiary/aromatic N) is 4. The Labute approximate surface area is 209 Å². The number of amides is 2. The Morgan fingerprint density at radius 1 is 0.944 bits per heavy atom. The van der Waals surface area contributed by atoms with Crippen LogP contribution in [0.15, 0.2) is 83.8 Å². The first-order valence-electron chi connectivity index (χ1n) is 11.6. The Morgan fingerprint density at radius 2 is 1.75 bits per heavy atom. The van der Waals surface area contributed by atoms with Crippen molar-refractivity contribution in [2.24, 2.45) is 0 Å². The molecule has 0 bridgehead atoms. The lowest BCUT2D eigenvalue weighted by atomic mass is 10.1. The molecule has 2 amide bonds. The van der Waals surface area contributed by atoms with Gasteiger partial charge >= 0.3 is 6.03 Å². The van der Waals surface area contributed by atoms with Crippen LogP contribution in [0.4, 0.5) is 16.2 Å². The number of hydrogen-bond donors (Lipinski definition) is 2. The number of aromatic nitrogens is 4. The summed E-state index contributed by atoms with van der Waals surface area (Å²) in [6.07, 6.45) is 3.61. The zero-order valence-electron chi connectivity index (χ0n) is 20.3. The van der Waals surface area contributed by atoms with Gasteiger partial charge in [0, 0.05) is 29.7 Å². The number of carbonyl (C=O) groups is 1. The van der Waals surface area contributed by atoms with E-state index in [1.165, 1.54) is 0 Å². The summed E-state index contributed by atoms with van der Waals surface area (Å²) < 4.78 is 7.40. The third-order valence-electron chi connectivity index (χ3n) is 5.87. The highest BCUT2D eigenvalue weighted by Gasteiger charge is 2.14. The predicted octanol–water partition coefficient (Wildman–Crippen LogP) is 6.22. The molecule has 0 spiro atoms. The number of carbonyl (C=O) groups excluding carboxylic acids is 1. The molecule has 0 aliphatic carbocycles. The summed E-state index contributed by atoms with van der Waals surface area (Å²) in [5, 5.41) is 9.87. The molecule has 5 aromatic rings. The summed E-state index contributed by atoms with van der Waals surface area (Å²) in [7, 11) is 0. The fourth-order valence-electron chi connectivity index (χ4n) is 3.96. The number of urea groups is 1. The van der Waals surface area contributed by atoms with E-state index < -0.39 is 0 Å². The Morgan fingerprint density at radius 3 is 2.53 bits per heavy atom. The molecule has 2 aromatic heterocycles. The van der Waals surface area contributed by atoms with Crippen molar-refractivity contribution in [3.63, 3.8) is 0 Å². The molecule has 2 heterocycles. The maximum absolute atomic E-state index is 12.4. The van der Waals surface area contributed by atoms with E-state index in [1.807, 2.05) is 98.3 Å². The van der Waals surface area contributed by atoms with Crippen LogP contribution >= 0.6 is 0 Å². The summed E-state index contributed by atoms with van der Waals surface area (Å²) in [4.78, 5) is 21.3. The predicted molar refractivity (Wildman–Crippen MR) is 140 cm³/mol. The van der Waals surface area contributed by atoms with E-state index in [-0.39, 0.29) is 6.03 Å². The third kappa shape index (κ3) is 5.17. The van der Waals surface area contributed by atoms with Crippen LogP contribution in [0.5, 0.6) is 0 Å². The summed E-state index contributed by atoms with van der Waals surface area (Å²) in [5.74, 6) is 0.920. The topological polar surface area (TPSA) is 97.9 Å². The van der Waals surface area contributed by atoms with Crippen molar-refractivity contribution in [1.29, 1.82) is 0 Å². The zero-order chi connectivity index (χ0) is 25.1. The van der Waals surface area contributed by atoms with Gasteiger partial charge in [-0.05, 0) is 55.7 Å². The standard InChI is InChI=1S/C28H26N6O2/c1-18-8-13-24(20(3)14-18)31-28(35)30-22-11-9-21(10-12-22)15-34-16-25(29-17-34)27-32-26(33-36-27)23-7-5-4-6-19(23)2/h4-14,16-17H,15H2,1-3H3,(H2,30,31,35). The van der Waals surface area contributed by atoms with Gasteiger partial charge in [0.1, 0.15) is 5.69 Å². The summed E-state index contributed by atoms with van der Waals surface area (Å²) in [6.45, 7) is 6.62. The van der Waals surface area contributed by atoms with Crippen molar-refractivity contribution in [2.75, 3.05) is 10.6 Å². The molecule has 0 fully saturated rings. The molecular weight excluding hydrogens is 452 g/mol. The van der Waals surface area contributed by atoms with Crippen molar-refractivity contribution < 1.29 is 9.32 Å². The number of aryl methyl sites for hydroxylation is 3. The molecule has 2 N–H and O–H groups in total. The highest BCUT2D eigenvalue weighted by atomic mass is 16.5. The molecule has 36 heavy (non-hydrogen) atoms. The first-order chi connectivity index (χ1) is 17.4. The SMILES string of the molecule is Cc1ccc(NC(=O)Nc2ccc(Cn3cnc(-c4nc(-c5ccccc5C)no4)c3)cc2)c(C)c1. The van der Waals surface area contributed by atoms with E-state index in [9.17, 15) is 4.79 Å². The van der Waals surface area contributed by atoms with E-state index in [0.29, 0.717) is 29.6 Å². The van der Waals surface area contributed by atoms with Gasteiger partial charge in [-0.2, -0.15) is 4.98 Å². The second-order valence-electron chi connectivity index (χ2n) is 8.76. The highest BCUT2D eigenvalue weighted by Crippen LogP contribution is 2.24. The van der Waals surface area contributed by atoms with Gasteiger partial charge in [0.05, 0.1) is 6.33 Å². The van der Waals surface area contributed by atoms with Crippen LogP contribution in [0.25, 0.3) is 23.0 Å². The molecule has 5 rings (SSSR count). The molecule has 0 radical (unpaired) electrons. The zero-order valence-corrected chi connectivity index (χ0v) is 20.3. The van der Waals surface area contributed by atoms with Crippen molar-refractivity contribution in [3.8, 4) is 23.0 Å². The van der Waals surface area contributed by atoms with E-state index >= 15 is 0 Å². The van der Waals surface area contributed by atoms with E-state index in [4.69, 9.17) is 4.52 Å². The molecule has 0 saturated carbocycles. The molecule has 180 valence electrons. The molecule has 3 aromatic carbocycles. The molecule has 8 nitrogen and oxygen atoms in total. The van der Waals surface area contributed by atoms with Gasteiger partial charge in [0.15, 0.2) is 0 Å². The second-order valence-corrected chi connectivity index (χ2v) is 8.76. The Balaban J connectivity index is 1.20. The summed E-state index contributed by atoms with van der Waals surface area (Å²) in [6, 6.07) is 21.2. The Kier molecular flexibility index (Phi) is 6.32. The average Bonchev–Trinajstić information content (AvgIpc) is 3.52. The normalized spacial score (nSPS) is 10.9. The molecular formula is C28H26N6O2. The quantitative estimate of drug-likeness (QED) is 0.302. The van der Waals surface area contributed by atoms with Gasteiger partial charge in [-0.25, -0.2) is 9.78 Å². The number of hydrogen-bond acceptors (Lipinski definition) is 5. The van der Waals surface area contributed by atoms with Crippen molar-refractivity contribution >= 4 is 17.4 Å². The number of anilines is 2. The molecule has 0 aliphatic heterocycles. The highest BCUT2D eigenvalue weighted by molar-refractivity contribution is 6.00. The van der Waals surface area contributed by atoms with Crippen molar-refractivity contribution in [1.82, 2.24) is 19.7 Å². The minimum atomic E-state index is -0.279. The van der Waals surface area contributed by atoms with Gasteiger partial charge in [0.2, 0.25) is 5.82 Å². The van der Waals surface area contributed by atoms with E-state index in [2.05, 4.69) is 25.8 Å². The fraction of sp³-hybridized carbons (Fsp3) is 0.143. The number of imidazole rings is 1. The van der Waals surface area contributed by atoms with Crippen LogP contribution < -0.4 is 10.6 Å². The lowest BCUT2D eigenvalue weighted by Gasteiger charge is -2.11. The largest absolute Gasteiger partial charge is 0.332 e. The molecule has 8 heteroatoms. The van der Waals surface area contributed by atoms with Crippen LogP contribution in [0.1, 0.15) is 22.3 Å². The van der Waals surface area contributed by atoms with Crippen LogP contribution in [0.3, 0.4) is 0 Å². The molecule has 0 atom stereocenters. The van der Waals surface area contributed by atoms with E-state index in [1.54, 1.807) is 6.33 Å². The van der Waals surface area contributed by atoms with Gasteiger partial charge in [-0.1, -0.05) is 59.3 Å². The van der Waals surface area contributed by atoms with Crippen LogP contribution in [-0.4, -0.2) is 25.7 Å². The van der Waals surface area contributed by atoms with Gasteiger partial charge in [-0.15, -0.1) is 0 Å². The minimum Gasteiger partial charge on any atom is -0.332 e. The average molecular weight is 479 g/mol. The fourth-order valence-corrected chi connectivity index (χ4v) is 3.96. The van der Waals surface area contributed by atoms with Crippen LogP contribution in [0.2, 0.25) is 0 Å². The molecule has 0 unspecified atom stereocenters. The van der Waals surface area contributed by atoms with Gasteiger partial charge < -0.3 is 19.7 Å². The van der Waals surface area contributed by atoms with E-state index in [0.717, 1.165) is 33.5 Å².